The van der Waals surface area contributed by atoms with E-state index in [2.05, 4.69) is 5.43 Å². The Labute approximate surface area is 110 Å². The molecule has 1 aromatic carbocycles. The minimum atomic E-state index is -0.305. The number of hydrogen-bond donors (Lipinski definition) is 3. The molecule has 98 valence electrons. The van der Waals surface area contributed by atoms with E-state index in [1.807, 2.05) is 0 Å². The van der Waals surface area contributed by atoms with Gasteiger partial charge < -0.3 is 15.4 Å². The van der Waals surface area contributed by atoms with Crippen molar-refractivity contribution in [2.75, 3.05) is 18.5 Å². The standard InChI is InChI=1S/C12H16ClN3O2/c13-8-1-2-11(15-14)10(7-8)12(18)16-5-3-9(17)4-6-16/h1-2,7,9,15,17H,3-6,14H2. The Morgan fingerprint density at radius 2 is 2.11 bits per heavy atom. The average molecular weight is 270 g/mol. The first-order valence-electron chi connectivity index (χ1n) is 5.85. The molecule has 1 aliphatic rings. The van der Waals surface area contributed by atoms with Gasteiger partial charge in [0.15, 0.2) is 0 Å². The maximum atomic E-state index is 12.3. The van der Waals surface area contributed by atoms with Gasteiger partial charge in [-0.3, -0.25) is 10.6 Å². The van der Waals surface area contributed by atoms with Crippen LogP contribution in [0.3, 0.4) is 0 Å². The van der Waals surface area contributed by atoms with E-state index in [1.165, 1.54) is 0 Å². The summed E-state index contributed by atoms with van der Waals surface area (Å²) in [6.07, 6.45) is 0.913. The molecule has 0 spiro atoms. The van der Waals surface area contributed by atoms with Crippen LogP contribution in [0.2, 0.25) is 5.02 Å². The van der Waals surface area contributed by atoms with Gasteiger partial charge >= 0.3 is 0 Å². The first kappa shape index (κ1) is 13.1. The summed E-state index contributed by atoms with van der Waals surface area (Å²) in [5, 5.41) is 9.93. The fourth-order valence-corrected chi connectivity index (χ4v) is 2.23. The van der Waals surface area contributed by atoms with E-state index in [-0.39, 0.29) is 12.0 Å². The average Bonchev–Trinajstić information content (AvgIpc) is 2.39. The molecule has 1 fully saturated rings. The van der Waals surface area contributed by atoms with E-state index in [9.17, 15) is 9.90 Å². The molecule has 1 aliphatic heterocycles. The number of likely N-dealkylation sites (tertiary alicyclic amines) is 1. The van der Waals surface area contributed by atoms with Gasteiger partial charge in [0.25, 0.3) is 5.91 Å². The fraction of sp³-hybridized carbons (Fsp3) is 0.417. The number of piperidine rings is 1. The summed E-state index contributed by atoms with van der Waals surface area (Å²) in [5.41, 5.74) is 3.51. The fourth-order valence-electron chi connectivity index (χ4n) is 2.06. The van der Waals surface area contributed by atoms with Crippen molar-refractivity contribution in [1.82, 2.24) is 4.90 Å². The second-order valence-corrected chi connectivity index (χ2v) is 4.79. The highest BCUT2D eigenvalue weighted by atomic mass is 35.5. The molecular weight excluding hydrogens is 254 g/mol. The smallest absolute Gasteiger partial charge is 0.256 e. The number of nitrogens with zero attached hydrogens (tertiary/aromatic N) is 1. The number of carbonyl (C=O) groups is 1. The van der Waals surface area contributed by atoms with Crippen LogP contribution < -0.4 is 11.3 Å². The minimum Gasteiger partial charge on any atom is -0.393 e. The van der Waals surface area contributed by atoms with Gasteiger partial charge in [0.1, 0.15) is 0 Å². The minimum absolute atomic E-state index is 0.114. The zero-order valence-corrected chi connectivity index (χ0v) is 10.7. The van der Waals surface area contributed by atoms with Gasteiger partial charge in [0.2, 0.25) is 0 Å². The number of hydrazine groups is 1. The second-order valence-electron chi connectivity index (χ2n) is 4.36. The molecule has 18 heavy (non-hydrogen) atoms. The van der Waals surface area contributed by atoms with Crippen molar-refractivity contribution in [3.05, 3.63) is 28.8 Å². The normalized spacial score (nSPS) is 16.7. The number of carbonyl (C=O) groups excluding carboxylic acids is 1. The SMILES string of the molecule is NNc1ccc(Cl)cc1C(=O)N1CCC(O)CC1. The number of nitrogens with two attached hydrogens (primary N) is 1. The predicted molar refractivity (Wildman–Crippen MR) is 70.4 cm³/mol. The monoisotopic (exact) mass is 269 g/mol. The van der Waals surface area contributed by atoms with Crippen LogP contribution in [0.25, 0.3) is 0 Å². The van der Waals surface area contributed by atoms with E-state index in [0.29, 0.717) is 42.2 Å². The van der Waals surface area contributed by atoms with Crippen molar-refractivity contribution in [2.45, 2.75) is 18.9 Å². The van der Waals surface area contributed by atoms with Gasteiger partial charge in [-0.1, -0.05) is 11.6 Å². The lowest BCUT2D eigenvalue weighted by Gasteiger charge is -2.30. The Hall–Kier alpha value is -1.30. The molecule has 1 heterocycles. The maximum Gasteiger partial charge on any atom is 0.256 e. The molecule has 0 atom stereocenters. The van der Waals surface area contributed by atoms with Crippen LogP contribution >= 0.6 is 11.6 Å². The highest BCUT2D eigenvalue weighted by molar-refractivity contribution is 6.31. The number of anilines is 1. The number of rotatable bonds is 2. The summed E-state index contributed by atoms with van der Waals surface area (Å²) < 4.78 is 0. The van der Waals surface area contributed by atoms with Crippen LogP contribution in [-0.4, -0.2) is 35.1 Å². The molecule has 0 unspecified atom stereocenters. The molecule has 0 aliphatic carbocycles. The number of hydrogen-bond acceptors (Lipinski definition) is 4. The predicted octanol–water partition coefficient (Wildman–Crippen LogP) is 1.22. The topological polar surface area (TPSA) is 78.6 Å². The van der Waals surface area contributed by atoms with Crippen molar-refractivity contribution in [2.24, 2.45) is 5.84 Å². The number of aliphatic hydroxyl groups excluding tert-OH is 1. The second kappa shape index (κ2) is 5.56. The van der Waals surface area contributed by atoms with Crippen molar-refractivity contribution in [1.29, 1.82) is 0 Å². The van der Waals surface area contributed by atoms with Crippen LogP contribution in [0.15, 0.2) is 18.2 Å². The Balaban J connectivity index is 2.20. The van der Waals surface area contributed by atoms with Crippen molar-refractivity contribution in [3.8, 4) is 0 Å². The third kappa shape index (κ3) is 2.75. The van der Waals surface area contributed by atoms with E-state index in [0.717, 1.165) is 0 Å². The van der Waals surface area contributed by atoms with Gasteiger partial charge in [0, 0.05) is 18.1 Å². The third-order valence-electron chi connectivity index (χ3n) is 3.12. The van der Waals surface area contributed by atoms with E-state index in [1.54, 1.807) is 23.1 Å². The molecule has 6 heteroatoms. The van der Waals surface area contributed by atoms with E-state index >= 15 is 0 Å². The number of nitrogens with one attached hydrogen (secondary N) is 1. The van der Waals surface area contributed by atoms with Crippen LogP contribution in [0.5, 0.6) is 0 Å². The molecule has 4 N–H and O–H groups in total. The molecule has 1 aromatic rings. The summed E-state index contributed by atoms with van der Waals surface area (Å²) >= 11 is 5.90. The number of nitrogen functional groups attached to an aromatic ring is 1. The summed E-state index contributed by atoms with van der Waals surface area (Å²) in [6.45, 7) is 1.10. The van der Waals surface area contributed by atoms with Crippen molar-refractivity contribution < 1.29 is 9.90 Å². The van der Waals surface area contributed by atoms with Gasteiger partial charge in [0.05, 0.1) is 17.4 Å². The van der Waals surface area contributed by atoms with Gasteiger partial charge in [-0.15, -0.1) is 0 Å². The first-order valence-corrected chi connectivity index (χ1v) is 6.23. The van der Waals surface area contributed by atoms with Crippen LogP contribution in [-0.2, 0) is 0 Å². The lowest BCUT2D eigenvalue weighted by atomic mass is 10.1. The van der Waals surface area contributed by atoms with Gasteiger partial charge in [-0.05, 0) is 31.0 Å². The number of aliphatic hydroxyl groups is 1. The number of amides is 1. The zero-order chi connectivity index (χ0) is 13.1. The van der Waals surface area contributed by atoms with E-state index < -0.39 is 0 Å². The molecular formula is C12H16ClN3O2. The van der Waals surface area contributed by atoms with Crippen molar-refractivity contribution in [3.63, 3.8) is 0 Å². The largest absolute Gasteiger partial charge is 0.393 e. The lowest BCUT2D eigenvalue weighted by Crippen LogP contribution is -2.40. The molecule has 1 saturated heterocycles. The van der Waals surface area contributed by atoms with Crippen LogP contribution in [0, 0.1) is 0 Å². The summed E-state index contributed by atoms with van der Waals surface area (Å²) in [7, 11) is 0. The maximum absolute atomic E-state index is 12.3. The third-order valence-corrected chi connectivity index (χ3v) is 3.35. The molecule has 0 saturated carbocycles. The van der Waals surface area contributed by atoms with Gasteiger partial charge in [-0.2, -0.15) is 0 Å². The Bertz CT molecular complexity index is 445. The number of halogens is 1. The summed E-state index contributed by atoms with van der Waals surface area (Å²) in [5.74, 6) is 5.27. The first-order chi connectivity index (χ1) is 8.61. The molecule has 0 radical (unpaired) electrons. The summed E-state index contributed by atoms with van der Waals surface area (Å²) in [4.78, 5) is 14.0. The molecule has 1 amide bonds. The van der Waals surface area contributed by atoms with Gasteiger partial charge in [-0.25, -0.2) is 0 Å². The Kier molecular flexibility index (Phi) is 4.06. The Morgan fingerprint density at radius 1 is 1.44 bits per heavy atom. The highest BCUT2D eigenvalue weighted by Gasteiger charge is 2.24. The highest BCUT2D eigenvalue weighted by Crippen LogP contribution is 2.23. The quantitative estimate of drug-likeness (QED) is 0.557. The van der Waals surface area contributed by atoms with E-state index in [4.69, 9.17) is 17.4 Å². The molecule has 5 nitrogen and oxygen atoms in total. The van der Waals surface area contributed by atoms with Crippen LogP contribution in [0.1, 0.15) is 23.2 Å². The number of benzene rings is 1. The van der Waals surface area contributed by atoms with Crippen LogP contribution in [0.4, 0.5) is 5.69 Å². The lowest BCUT2D eigenvalue weighted by molar-refractivity contribution is 0.0547. The molecule has 0 aromatic heterocycles. The zero-order valence-electron chi connectivity index (χ0n) is 9.90. The van der Waals surface area contributed by atoms with Crippen molar-refractivity contribution >= 4 is 23.2 Å². The molecule has 2 rings (SSSR count). The Morgan fingerprint density at radius 3 is 2.72 bits per heavy atom. The summed E-state index contributed by atoms with van der Waals surface area (Å²) in [6, 6.07) is 4.95. The molecule has 0 bridgehead atoms.